The van der Waals surface area contributed by atoms with Gasteiger partial charge in [0.05, 0.1) is 11.6 Å². The van der Waals surface area contributed by atoms with Crippen LogP contribution in [-0.4, -0.2) is 17.4 Å². The molecule has 0 aliphatic heterocycles. The van der Waals surface area contributed by atoms with Crippen molar-refractivity contribution in [2.45, 2.75) is 6.92 Å². The van der Waals surface area contributed by atoms with E-state index in [0.717, 1.165) is 6.08 Å². The zero-order chi connectivity index (χ0) is 12.1. The van der Waals surface area contributed by atoms with Gasteiger partial charge in [-0.25, -0.2) is 4.79 Å². The normalized spacial score (nSPS) is 10.0. The number of carbonyl (C=O) groups excluding carboxylic acids is 1. The molecule has 0 heterocycles. The van der Waals surface area contributed by atoms with Gasteiger partial charge in [-0.05, 0) is 36.3 Å². The van der Waals surface area contributed by atoms with Crippen molar-refractivity contribution in [3.63, 3.8) is 0 Å². The highest BCUT2D eigenvalue weighted by Gasteiger charge is 2.07. The Balaban J connectivity index is 3.39. The fourth-order valence-corrected chi connectivity index (χ4v) is 1.35. The van der Waals surface area contributed by atoms with Crippen molar-refractivity contribution < 1.29 is 14.7 Å². The number of nitriles is 1. The van der Waals surface area contributed by atoms with Crippen LogP contribution in [0.1, 0.15) is 27.0 Å². The van der Waals surface area contributed by atoms with Gasteiger partial charge in [0.1, 0.15) is 0 Å². The van der Waals surface area contributed by atoms with E-state index in [1.807, 2.05) is 6.07 Å². The van der Waals surface area contributed by atoms with Crippen LogP contribution in [0.5, 0.6) is 0 Å². The Morgan fingerprint density at radius 1 is 1.50 bits per heavy atom. The first-order valence-electron chi connectivity index (χ1n) is 4.50. The molecule has 0 amide bonds. The molecule has 1 N–H and O–H groups in total. The third kappa shape index (κ3) is 2.34. The van der Waals surface area contributed by atoms with Gasteiger partial charge in [-0.3, -0.25) is 4.79 Å². The summed E-state index contributed by atoms with van der Waals surface area (Å²) in [6, 6.07) is 5.02. The molecule has 4 heteroatoms. The maximum Gasteiger partial charge on any atom is 0.328 e. The molecule has 0 aliphatic carbocycles. The molecule has 0 unspecified atom stereocenters. The predicted molar refractivity (Wildman–Crippen MR) is 58.0 cm³/mol. The van der Waals surface area contributed by atoms with Gasteiger partial charge in [-0.15, -0.1) is 0 Å². The van der Waals surface area contributed by atoms with Crippen molar-refractivity contribution >= 4 is 18.3 Å². The summed E-state index contributed by atoms with van der Waals surface area (Å²) in [6.45, 7) is 1.67. The minimum Gasteiger partial charge on any atom is -0.478 e. The molecular formula is C12H9NO3. The number of carboxylic acids is 1. The van der Waals surface area contributed by atoms with E-state index < -0.39 is 5.97 Å². The number of benzene rings is 1. The lowest BCUT2D eigenvalue weighted by molar-refractivity contribution is -0.131. The molecule has 1 rings (SSSR count). The van der Waals surface area contributed by atoms with Crippen LogP contribution in [0.2, 0.25) is 0 Å². The van der Waals surface area contributed by atoms with E-state index in [0.29, 0.717) is 28.5 Å². The summed E-state index contributed by atoms with van der Waals surface area (Å²) < 4.78 is 0. The van der Waals surface area contributed by atoms with Crippen LogP contribution in [0.15, 0.2) is 18.2 Å². The number of nitrogens with zero attached hydrogens (tertiary/aromatic N) is 1. The van der Waals surface area contributed by atoms with Gasteiger partial charge < -0.3 is 5.11 Å². The average Bonchev–Trinajstić information content (AvgIpc) is 2.26. The summed E-state index contributed by atoms with van der Waals surface area (Å²) >= 11 is 0. The zero-order valence-corrected chi connectivity index (χ0v) is 8.60. The summed E-state index contributed by atoms with van der Waals surface area (Å²) in [5.74, 6) is -1.10. The SMILES string of the molecule is Cc1c(C#N)ccc(C=O)c1/C=C/C(=O)O. The number of aldehydes is 1. The molecule has 0 fully saturated rings. The first-order valence-corrected chi connectivity index (χ1v) is 4.50. The quantitative estimate of drug-likeness (QED) is 0.615. The Morgan fingerprint density at radius 3 is 2.69 bits per heavy atom. The third-order valence-electron chi connectivity index (χ3n) is 2.19. The van der Waals surface area contributed by atoms with Crippen LogP contribution in [0.3, 0.4) is 0 Å². The molecule has 1 aromatic rings. The van der Waals surface area contributed by atoms with Crippen molar-refractivity contribution in [3.8, 4) is 6.07 Å². The number of hydrogen-bond acceptors (Lipinski definition) is 3. The molecule has 16 heavy (non-hydrogen) atoms. The monoisotopic (exact) mass is 215 g/mol. The molecule has 4 nitrogen and oxygen atoms in total. The van der Waals surface area contributed by atoms with E-state index in [4.69, 9.17) is 10.4 Å². The van der Waals surface area contributed by atoms with Crippen molar-refractivity contribution in [1.82, 2.24) is 0 Å². The molecule has 0 radical (unpaired) electrons. The van der Waals surface area contributed by atoms with E-state index in [2.05, 4.69) is 0 Å². The maximum atomic E-state index is 10.8. The largest absolute Gasteiger partial charge is 0.478 e. The lowest BCUT2D eigenvalue weighted by Gasteiger charge is -2.05. The van der Waals surface area contributed by atoms with Gasteiger partial charge >= 0.3 is 5.97 Å². The lowest BCUT2D eigenvalue weighted by atomic mass is 9.97. The predicted octanol–water partition coefficient (Wildman–Crippen LogP) is 1.78. The van der Waals surface area contributed by atoms with E-state index >= 15 is 0 Å². The van der Waals surface area contributed by atoms with E-state index in [-0.39, 0.29) is 0 Å². The molecule has 0 spiro atoms. The van der Waals surface area contributed by atoms with Crippen molar-refractivity contribution in [3.05, 3.63) is 40.5 Å². The highest BCUT2D eigenvalue weighted by Crippen LogP contribution is 2.18. The van der Waals surface area contributed by atoms with Crippen LogP contribution in [-0.2, 0) is 4.79 Å². The van der Waals surface area contributed by atoms with Gasteiger partial charge in [0.15, 0.2) is 6.29 Å². The Morgan fingerprint density at radius 2 is 2.19 bits per heavy atom. The van der Waals surface area contributed by atoms with Crippen LogP contribution < -0.4 is 0 Å². The zero-order valence-electron chi connectivity index (χ0n) is 8.60. The van der Waals surface area contributed by atoms with Crippen LogP contribution in [0, 0.1) is 18.3 Å². The smallest absolute Gasteiger partial charge is 0.328 e. The van der Waals surface area contributed by atoms with Crippen molar-refractivity contribution in [2.75, 3.05) is 0 Å². The molecule has 0 atom stereocenters. The molecule has 0 saturated carbocycles. The van der Waals surface area contributed by atoms with Crippen molar-refractivity contribution in [1.29, 1.82) is 5.26 Å². The number of rotatable bonds is 3. The van der Waals surface area contributed by atoms with Crippen LogP contribution in [0.4, 0.5) is 0 Å². The highest BCUT2D eigenvalue weighted by atomic mass is 16.4. The lowest BCUT2D eigenvalue weighted by Crippen LogP contribution is -1.95. The van der Waals surface area contributed by atoms with E-state index in [1.54, 1.807) is 6.92 Å². The fourth-order valence-electron chi connectivity index (χ4n) is 1.35. The Hall–Kier alpha value is -2.41. The van der Waals surface area contributed by atoms with Gasteiger partial charge in [0.25, 0.3) is 0 Å². The highest BCUT2D eigenvalue weighted by molar-refractivity contribution is 5.90. The summed E-state index contributed by atoms with van der Waals surface area (Å²) in [5.41, 5.74) is 1.87. The third-order valence-corrected chi connectivity index (χ3v) is 2.19. The average molecular weight is 215 g/mol. The van der Waals surface area contributed by atoms with E-state index in [9.17, 15) is 9.59 Å². The molecule has 0 aliphatic rings. The van der Waals surface area contributed by atoms with E-state index in [1.165, 1.54) is 18.2 Å². The number of hydrogen-bond donors (Lipinski definition) is 1. The van der Waals surface area contributed by atoms with Gasteiger partial charge in [0.2, 0.25) is 0 Å². The molecular weight excluding hydrogens is 206 g/mol. The van der Waals surface area contributed by atoms with Crippen LogP contribution in [0.25, 0.3) is 6.08 Å². The molecule has 0 saturated heterocycles. The van der Waals surface area contributed by atoms with Gasteiger partial charge in [0, 0.05) is 11.6 Å². The minimum atomic E-state index is -1.10. The second-order valence-electron chi connectivity index (χ2n) is 3.14. The topological polar surface area (TPSA) is 78.2 Å². The molecule has 80 valence electrons. The Labute approximate surface area is 92.4 Å². The summed E-state index contributed by atoms with van der Waals surface area (Å²) in [4.78, 5) is 21.2. The molecule has 0 aromatic heterocycles. The van der Waals surface area contributed by atoms with Gasteiger partial charge in [-0.2, -0.15) is 5.26 Å². The maximum absolute atomic E-state index is 10.8. The summed E-state index contributed by atoms with van der Waals surface area (Å²) in [5, 5.41) is 17.3. The first kappa shape index (κ1) is 11.7. The van der Waals surface area contributed by atoms with Gasteiger partial charge in [-0.1, -0.05) is 0 Å². The molecule has 0 bridgehead atoms. The minimum absolute atomic E-state index is 0.369. The number of aliphatic carboxylic acids is 1. The standard InChI is InChI=1S/C12H9NO3/c1-8-9(6-13)2-3-10(7-14)11(8)4-5-12(15)16/h2-5,7H,1H3,(H,15,16)/b5-4+. The first-order chi connectivity index (χ1) is 7.60. The fraction of sp³-hybridized carbons (Fsp3) is 0.0833. The molecule has 1 aromatic carbocycles. The Kier molecular flexibility index (Phi) is 3.57. The van der Waals surface area contributed by atoms with Crippen molar-refractivity contribution in [2.24, 2.45) is 0 Å². The number of carbonyl (C=O) groups is 2. The second-order valence-corrected chi connectivity index (χ2v) is 3.14. The number of carboxylic acid groups (broad SMARTS) is 1. The summed E-state index contributed by atoms with van der Waals surface area (Å²) in [7, 11) is 0. The van der Waals surface area contributed by atoms with Crippen LogP contribution >= 0.6 is 0 Å². The summed E-state index contributed by atoms with van der Waals surface area (Å²) in [6.07, 6.45) is 2.90. The second kappa shape index (κ2) is 4.89. The Bertz CT molecular complexity index is 510.